The average Bonchev–Trinajstić information content (AvgIpc) is 2.45. The van der Waals surface area contributed by atoms with Gasteiger partial charge in [-0.25, -0.2) is 0 Å². The van der Waals surface area contributed by atoms with Crippen LogP contribution in [0.1, 0.15) is 51.9 Å². The van der Waals surface area contributed by atoms with Crippen molar-refractivity contribution in [3.8, 4) is 0 Å². The molecule has 20 heavy (non-hydrogen) atoms. The van der Waals surface area contributed by atoms with E-state index in [1.54, 1.807) is 0 Å². The van der Waals surface area contributed by atoms with Gasteiger partial charge in [-0.2, -0.15) is 13.2 Å². The van der Waals surface area contributed by atoms with Crippen molar-refractivity contribution in [2.45, 2.75) is 70.1 Å². The van der Waals surface area contributed by atoms with Crippen molar-refractivity contribution in [3.63, 3.8) is 0 Å². The van der Waals surface area contributed by atoms with Gasteiger partial charge in [-0.1, -0.05) is 19.8 Å². The van der Waals surface area contributed by atoms with Gasteiger partial charge in [-0.3, -0.25) is 4.90 Å². The molecule has 0 aromatic heterocycles. The molecule has 118 valence electrons. The van der Waals surface area contributed by atoms with E-state index in [1.807, 2.05) is 0 Å². The lowest BCUT2D eigenvalue weighted by Crippen LogP contribution is -2.55. The lowest BCUT2D eigenvalue weighted by Gasteiger charge is -2.44. The highest BCUT2D eigenvalue weighted by Gasteiger charge is 2.43. The predicted molar refractivity (Wildman–Crippen MR) is 74.7 cm³/mol. The molecule has 2 nitrogen and oxygen atoms in total. The van der Waals surface area contributed by atoms with Gasteiger partial charge in [0.05, 0.1) is 5.92 Å². The fraction of sp³-hybridized carbons (Fsp3) is 1.00. The van der Waals surface area contributed by atoms with Gasteiger partial charge in [-0.05, 0) is 45.2 Å². The lowest BCUT2D eigenvalue weighted by molar-refractivity contribution is -0.189. The van der Waals surface area contributed by atoms with Gasteiger partial charge in [0, 0.05) is 18.6 Å². The molecule has 1 heterocycles. The molecule has 0 radical (unpaired) electrons. The molecule has 3 atom stereocenters. The molecule has 0 aromatic carbocycles. The van der Waals surface area contributed by atoms with E-state index >= 15 is 0 Å². The highest BCUT2D eigenvalue weighted by molar-refractivity contribution is 4.91. The van der Waals surface area contributed by atoms with E-state index in [0.717, 1.165) is 38.8 Å². The molecule has 1 saturated heterocycles. The molecule has 2 fully saturated rings. The summed E-state index contributed by atoms with van der Waals surface area (Å²) in [5, 5.41) is 3.55. The van der Waals surface area contributed by atoms with E-state index in [-0.39, 0.29) is 6.54 Å². The quantitative estimate of drug-likeness (QED) is 0.852. The van der Waals surface area contributed by atoms with Crippen LogP contribution < -0.4 is 5.32 Å². The number of nitrogens with zero attached hydrogens (tertiary/aromatic N) is 1. The second kappa shape index (κ2) is 7.12. The van der Waals surface area contributed by atoms with E-state index in [9.17, 15) is 13.2 Å². The molecule has 0 aromatic rings. The van der Waals surface area contributed by atoms with Crippen molar-refractivity contribution in [1.82, 2.24) is 10.2 Å². The monoisotopic (exact) mass is 292 g/mol. The maximum absolute atomic E-state index is 12.9. The first-order valence-electron chi connectivity index (χ1n) is 8.06. The first-order valence-corrected chi connectivity index (χ1v) is 8.06. The van der Waals surface area contributed by atoms with Crippen LogP contribution in [0.15, 0.2) is 0 Å². The molecule has 5 heteroatoms. The minimum atomic E-state index is -4.03. The number of halogens is 3. The van der Waals surface area contributed by atoms with Crippen LogP contribution in [0.2, 0.25) is 0 Å². The fourth-order valence-corrected chi connectivity index (χ4v) is 3.69. The Hall–Kier alpha value is -0.290. The van der Waals surface area contributed by atoms with E-state index in [4.69, 9.17) is 0 Å². The van der Waals surface area contributed by atoms with Gasteiger partial charge < -0.3 is 5.32 Å². The largest absolute Gasteiger partial charge is 0.393 e. The summed E-state index contributed by atoms with van der Waals surface area (Å²) in [6, 6.07) is 0.691. The first-order chi connectivity index (χ1) is 9.52. The van der Waals surface area contributed by atoms with Crippen LogP contribution in [0.4, 0.5) is 13.2 Å². The zero-order valence-corrected chi connectivity index (χ0v) is 12.4. The number of hydrogen-bond donors (Lipinski definition) is 1. The SMILES string of the molecule is CCCNC1CCCCC1N1CCCC(C(F)(F)F)C1. The molecule has 1 N–H and O–H groups in total. The van der Waals surface area contributed by atoms with Gasteiger partial charge >= 0.3 is 6.18 Å². The standard InChI is InChI=1S/C15H27F3N2/c1-2-9-19-13-7-3-4-8-14(13)20-10-5-6-12(11-20)15(16,17)18/h12-14,19H,2-11H2,1H3. The number of hydrogen-bond acceptors (Lipinski definition) is 2. The van der Waals surface area contributed by atoms with Crippen molar-refractivity contribution in [2.24, 2.45) is 5.92 Å². The van der Waals surface area contributed by atoms with Gasteiger partial charge in [-0.15, -0.1) is 0 Å². The van der Waals surface area contributed by atoms with Crippen molar-refractivity contribution in [3.05, 3.63) is 0 Å². The van der Waals surface area contributed by atoms with Gasteiger partial charge in [0.2, 0.25) is 0 Å². The average molecular weight is 292 g/mol. The summed E-state index contributed by atoms with van der Waals surface area (Å²) in [5.74, 6) is -1.12. The minimum Gasteiger partial charge on any atom is -0.312 e. The Bertz CT molecular complexity index is 293. The topological polar surface area (TPSA) is 15.3 Å². The maximum Gasteiger partial charge on any atom is 0.393 e. The van der Waals surface area contributed by atoms with E-state index in [1.165, 1.54) is 6.42 Å². The van der Waals surface area contributed by atoms with Crippen LogP contribution in [0.25, 0.3) is 0 Å². The third-order valence-electron chi connectivity index (χ3n) is 4.77. The van der Waals surface area contributed by atoms with Crippen molar-refractivity contribution in [2.75, 3.05) is 19.6 Å². The molecule has 2 rings (SSSR count). The summed E-state index contributed by atoms with van der Waals surface area (Å²) >= 11 is 0. The summed E-state index contributed by atoms with van der Waals surface area (Å²) in [7, 11) is 0. The Labute approximate surface area is 120 Å². The van der Waals surface area contributed by atoms with Crippen molar-refractivity contribution in [1.29, 1.82) is 0 Å². The summed E-state index contributed by atoms with van der Waals surface area (Å²) in [4.78, 5) is 2.12. The summed E-state index contributed by atoms with van der Waals surface area (Å²) in [5.41, 5.74) is 0. The molecule has 2 aliphatic rings. The second-order valence-corrected chi connectivity index (χ2v) is 6.29. The van der Waals surface area contributed by atoms with E-state index in [2.05, 4.69) is 17.1 Å². The Morgan fingerprint density at radius 3 is 2.55 bits per heavy atom. The molecule has 1 saturated carbocycles. The normalized spacial score (nSPS) is 33.3. The van der Waals surface area contributed by atoms with Crippen LogP contribution >= 0.6 is 0 Å². The molecule has 1 aliphatic heterocycles. The third kappa shape index (κ3) is 4.10. The molecular weight excluding hydrogens is 265 g/mol. The molecule has 3 unspecified atom stereocenters. The highest BCUT2D eigenvalue weighted by Crippen LogP contribution is 2.35. The Balaban J connectivity index is 1.96. The molecule has 0 bridgehead atoms. The van der Waals surface area contributed by atoms with Crippen LogP contribution in [-0.4, -0.2) is 42.8 Å². The number of nitrogens with one attached hydrogen (secondary N) is 1. The van der Waals surface area contributed by atoms with Gasteiger partial charge in [0.25, 0.3) is 0 Å². The zero-order valence-electron chi connectivity index (χ0n) is 12.4. The van der Waals surface area contributed by atoms with Crippen LogP contribution in [0.3, 0.4) is 0 Å². The molecular formula is C15H27F3N2. The fourth-order valence-electron chi connectivity index (χ4n) is 3.69. The molecule has 0 amide bonds. The van der Waals surface area contributed by atoms with Gasteiger partial charge in [0.15, 0.2) is 0 Å². The smallest absolute Gasteiger partial charge is 0.312 e. The summed E-state index contributed by atoms with van der Waals surface area (Å²) in [6.45, 7) is 4.14. The van der Waals surface area contributed by atoms with Crippen LogP contribution in [-0.2, 0) is 0 Å². The Morgan fingerprint density at radius 2 is 1.85 bits per heavy atom. The Morgan fingerprint density at radius 1 is 1.10 bits per heavy atom. The second-order valence-electron chi connectivity index (χ2n) is 6.29. The number of alkyl halides is 3. The maximum atomic E-state index is 12.9. The number of rotatable bonds is 4. The van der Waals surface area contributed by atoms with Crippen molar-refractivity contribution >= 4 is 0 Å². The summed E-state index contributed by atoms with van der Waals surface area (Å²) < 4.78 is 38.8. The van der Waals surface area contributed by atoms with E-state index in [0.29, 0.717) is 24.9 Å². The summed E-state index contributed by atoms with van der Waals surface area (Å²) in [6.07, 6.45) is 2.55. The number of likely N-dealkylation sites (tertiary alicyclic amines) is 1. The van der Waals surface area contributed by atoms with E-state index < -0.39 is 12.1 Å². The molecule has 0 spiro atoms. The van der Waals surface area contributed by atoms with Crippen molar-refractivity contribution < 1.29 is 13.2 Å². The molecule has 1 aliphatic carbocycles. The first kappa shape index (κ1) is 16.1. The number of piperidine rings is 1. The van der Waals surface area contributed by atoms with Crippen LogP contribution in [0.5, 0.6) is 0 Å². The van der Waals surface area contributed by atoms with Crippen LogP contribution in [0, 0.1) is 5.92 Å². The predicted octanol–water partition coefficient (Wildman–Crippen LogP) is 3.57. The minimum absolute atomic E-state index is 0.207. The third-order valence-corrected chi connectivity index (χ3v) is 4.77. The highest BCUT2D eigenvalue weighted by atomic mass is 19.4. The lowest BCUT2D eigenvalue weighted by atomic mass is 9.86. The zero-order chi connectivity index (χ0) is 14.6. The Kier molecular flexibility index (Phi) is 5.73. The van der Waals surface area contributed by atoms with Gasteiger partial charge in [0.1, 0.15) is 0 Å².